The summed E-state index contributed by atoms with van der Waals surface area (Å²) in [5.41, 5.74) is 7.32. The normalized spacial score (nSPS) is 16.7. The number of amides is 1. The van der Waals surface area contributed by atoms with Crippen LogP contribution in [0.3, 0.4) is 0 Å². The maximum absolute atomic E-state index is 11.7. The van der Waals surface area contributed by atoms with Crippen LogP contribution in [0.1, 0.15) is 18.4 Å². The molecule has 1 fully saturated rings. The van der Waals surface area contributed by atoms with Crippen molar-refractivity contribution in [3.8, 4) is 0 Å². The first-order chi connectivity index (χ1) is 8.63. The van der Waals surface area contributed by atoms with E-state index in [9.17, 15) is 4.79 Å². The van der Waals surface area contributed by atoms with Crippen LogP contribution in [0.25, 0.3) is 6.08 Å². The molecule has 1 aliphatic rings. The SMILES string of the molecule is CSC1(CNC(=O)/C=C/c2cccc(N)c2)CC1. The van der Waals surface area contributed by atoms with Crippen LogP contribution in [0.5, 0.6) is 0 Å². The van der Waals surface area contributed by atoms with Gasteiger partial charge in [0.2, 0.25) is 5.91 Å². The third-order valence-electron chi connectivity index (χ3n) is 3.16. The van der Waals surface area contributed by atoms with Crippen molar-refractivity contribution < 1.29 is 4.79 Å². The summed E-state index contributed by atoms with van der Waals surface area (Å²) in [6.45, 7) is 0.758. The molecule has 1 aromatic carbocycles. The topological polar surface area (TPSA) is 55.1 Å². The molecule has 4 heteroatoms. The van der Waals surface area contributed by atoms with Gasteiger partial charge in [-0.05, 0) is 42.9 Å². The van der Waals surface area contributed by atoms with Gasteiger partial charge in [-0.3, -0.25) is 4.79 Å². The lowest BCUT2D eigenvalue weighted by Crippen LogP contribution is -2.30. The maximum atomic E-state index is 11.7. The average Bonchev–Trinajstić information content (AvgIpc) is 3.15. The summed E-state index contributed by atoms with van der Waals surface area (Å²) in [7, 11) is 0. The first-order valence-corrected chi connectivity index (χ1v) is 7.23. The fraction of sp³-hybridized carbons (Fsp3) is 0.357. The fourth-order valence-corrected chi connectivity index (χ4v) is 2.46. The van der Waals surface area contributed by atoms with Gasteiger partial charge >= 0.3 is 0 Å². The minimum absolute atomic E-state index is 0.0438. The van der Waals surface area contributed by atoms with E-state index >= 15 is 0 Å². The van der Waals surface area contributed by atoms with Crippen LogP contribution in [0.15, 0.2) is 30.3 Å². The van der Waals surface area contributed by atoms with Gasteiger partial charge in [-0.15, -0.1) is 0 Å². The van der Waals surface area contributed by atoms with Crippen molar-refractivity contribution in [1.29, 1.82) is 0 Å². The number of thioether (sulfide) groups is 1. The molecule has 2 rings (SSSR count). The van der Waals surface area contributed by atoms with E-state index in [-0.39, 0.29) is 5.91 Å². The van der Waals surface area contributed by atoms with E-state index in [1.165, 1.54) is 12.8 Å². The second-order valence-electron chi connectivity index (χ2n) is 4.61. The highest BCUT2D eigenvalue weighted by atomic mass is 32.2. The molecule has 1 amide bonds. The zero-order chi connectivity index (χ0) is 13.0. The summed E-state index contributed by atoms with van der Waals surface area (Å²) in [4.78, 5) is 11.7. The Bertz CT molecular complexity index is 467. The van der Waals surface area contributed by atoms with Gasteiger partial charge in [-0.1, -0.05) is 12.1 Å². The number of rotatable bonds is 5. The minimum atomic E-state index is -0.0438. The van der Waals surface area contributed by atoms with Gasteiger partial charge in [0.25, 0.3) is 0 Å². The van der Waals surface area contributed by atoms with E-state index in [0.717, 1.165) is 12.1 Å². The Balaban J connectivity index is 1.83. The standard InChI is InChI=1S/C14H18N2OS/c1-18-14(7-8-14)10-16-13(17)6-5-11-3-2-4-12(15)9-11/h2-6,9H,7-8,10,15H2,1H3,(H,16,17)/b6-5+. The fourth-order valence-electron chi connectivity index (χ4n) is 1.73. The van der Waals surface area contributed by atoms with E-state index in [0.29, 0.717) is 10.4 Å². The molecule has 0 radical (unpaired) electrons. The Morgan fingerprint density at radius 1 is 1.56 bits per heavy atom. The van der Waals surface area contributed by atoms with Crippen molar-refractivity contribution in [2.75, 3.05) is 18.5 Å². The van der Waals surface area contributed by atoms with Crippen LogP contribution in [-0.2, 0) is 4.79 Å². The monoisotopic (exact) mass is 262 g/mol. The van der Waals surface area contributed by atoms with Crippen molar-refractivity contribution in [3.63, 3.8) is 0 Å². The molecular weight excluding hydrogens is 244 g/mol. The number of anilines is 1. The molecule has 18 heavy (non-hydrogen) atoms. The highest BCUT2D eigenvalue weighted by molar-refractivity contribution is 8.00. The van der Waals surface area contributed by atoms with Gasteiger partial charge in [-0.2, -0.15) is 11.8 Å². The third kappa shape index (κ3) is 3.53. The molecule has 1 aliphatic carbocycles. The molecule has 0 unspecified atom stereocenters. The van der Waals surface area contributed by atoms with Crippen molar-refractivity contribution in [1.82, 2.24) is 5.32 Å². The first kappa shape index (κ1) is 13.0. The summed E-state index contributed by atoms with van der Waals surface area (Å²) < 4.78 is 0.306. The largest absolute Gasteiger partial charge is 0.399 e. The quantitative estimate of drug-likeness (QED) is 0.632. The molecule has 3 N–H and O–H groups in total. The molecule has 0 bridgehead atoms. The maximum Gasteiger partial charge on any atom is 0.244 e. The van der Waals surface area contributed by atoms with E-state index in [2.05, 4.69) is 11.6 Å². The van der Waals surface area contributed by atoms with Gasteiger partial charge in [-0.25, -0.2) is 0 Å². The molecule has 0 atom stereocenters. The lowest BCUT2D eigenvalue weighted by molar-refractivity contribution is -0.116. The number of hydrogen-bond donors (Lipinski definition) is 2. The molecule has 0 heterocycles. The second kappa shape index (κ2) is 5.48. The van der Waals surface area contributed by atoms with Gasteiger partial charge in [0.05, 0.1) is 0 Å². The molecule has 0 saturated heterocycles. The molecule has 1 aromatic rings. The average molecular weight is 262 g/mol. The summed E-state index contributed by atoms with van der Waals surface area (Å²) in [6.07, 6.45) is 7.85. The highest BCUT2D eigenvalue weighted by Crippen LogP contribution is 2.46. The summed E-state index contributed by atoms with van der Waals surface area (Å²) in [5.74, 6) is -0.0438. The minimum Gasteiger partial charge on any atom is -0.399 e. The summed E-state index contributed by atoms with van der Waals surface area (Å²) >= 11 is 1.84. The lowest BCUT2D eigenvalue weighted by atomic mass is 10.2. The number of carbonyl (C=O) groups excluding carboxylic acids is 1. The van der Waals surface area contributed by atoms with Gasteiger partial charge in [0.1, 0.15) is 0 Å². The molecular formula is C14H18N2OS. The predicted octanol–water partition coefficient (Wildman–Crippen LogP) is 2.29. The van der Waals surface area contributed by atoms with Crippen molar-refractivity contribution in [3.05, 3.63) is 35.9 Å². The summed E-state index contributed by atoms with van der Waals surface area (Å²) in [5, 5.41) is 2.94. The van der Waals surface area contributed by atoms with E-state index < -0.39 is 0 Å². The zero-order valence-electron chi connectivity index (χ0n) is 10.5. The van der Waals surface area contributed by atoms with Crippen LogP contribution >= 0.6 is 11.8 Å². The van der Waals surface area contributed by atoms with Crippen molar-refractivity contribution in [2.45, 2.75) is 17.6 Å². The van der Waals surface area contributed by atoms with E-state index in [4.69, 9.17) is 5.73 Å². The van der Waals surface area contributed by atoms with Gasteiger partial charge < -0.3 is 11.1 Å². The van der Waals surface area contributed by atoms with Gasteiger partial charge in [0.15, 0.2) is 0 Å². The Hall–Kier alpha value is -1.42. The van der Waals surface area contributed by atoms with Gasteiger partial charge in [0, 0.05) is 23.1 Å². The highest BCUT2D eigenvalue weighted by Gasteiger charge is 2.41. The number of benzene rings is 1. The molecule has 96 valence electrons. The zero-order valence-corrected chi connectivity index (χ0v) is 11.3. The molecule has 0 spiro atoms. The van der Waals surface area contributed by atoms with Crippen LogP contribution in [0.2, 0.25) is 0 Å². The number of carbonyl (C=O) groups is 1. The number of nitrogens with two attached hydrogens (primary N) is 1. The third-order valence-corrected chi connectivity index (χ3v) is 4.58. The number of nitrogens with one attached hydrogen (secondary N) is 1. The Labute approximate surface area is 112 Å². The van der Waals surface area contributed by atoms with Crippen LogP contribution < -0.4 is 11.1 Å². The molecule has 0 aliphatic heterocycles. The lowest BCUT2D eigenvalue weighted by Gasteiger charge is -2.11. The van der Waals surface area contributed by atoms with Crippen LogP contribution in [0, 0.1) is 0 Å². The van der Waals surface area contributed by atoms with E-state index in [1.54, 1.807) is 12.2 Å². The molecule has 0 aromatic heterocycles. The first-order valence-electron chi connectivity index (χ1n) is 6.00. The second-order valence-corrected chi connectivity index (χ2v) is 5.88. The van der Waals surface area contributed by atoms with Crippen LogP contribution in [-0.4, -0.2) is 23.5 Å². The smallest absolute Gasteiger partial charge is 0.244 e. The molecule has 3 nitrogen and oxygen atoms in total. The number of hydrogen-bond acceptors (Lipinski definition) is 3. The summed E-state index contributed by atoms with van der Waals surface area (Å²) in [6, 6.07) is 7.46. The van der Waals surface area contributed by atoms with Crippen molar-refractivity contribution in [2.24, 2.45) is 0 Å². The Morgan fingerprint density at radius 2 is 2.33 bits per heavy atom. The van der Waals surface area contributed by atoms with E-state index in [1.807, 2.05) is 36.0 Å². The Morgan fingerprint density at radius 3 is 2.94 bits per heavy atom. The number of nitrogen functional groups attached to an aromatic ring is 1. The Kier molecular flexibility index (Phi) is 3.97. The predicted molar refractivity (Wildman–Crippen MR) is 78.4 cm³/mol. The van der Waals surface area contributed by atoms with Crippen molar-refractivity contribution >= 4 is 29.4 Å². The molecule has 1 saturated carbocycles. The van der Waals surface area contributed by atoms with Crippen LogP contribution in [0.4, 0.5) is 5.69 Å².